The summed E-state index contributed by atoms with van der Waals surface area (Å²) < 4.78 is 1.95. The first kappa shape index (κ1) is 11.9. The fourth-order valence-electron chi connectivity index (χ4n) is 2.26. The van der Waals surface area contributed by atoms with E-state index in [1.54, 1.807) is 6.20 Å². The summed E-state index contributed by atoms with van der Waals surface area (Å²) in [5.74, 6) is 0.692. The highest BCUT2D eigenvalue weighted by atomic mass is 15.1. The van der Waals surface area contributed by atoms with Crippen molar-refractivity contribution in [2.24, 2.45) is 5.73 Å². The van der Waals surface area contributed by atoms with Crippen LogP contribution in [0.15, 0.2) is 42.7 Å². The number of nitrogens with zero attached hydrogens (tertiary/aromatic N) is 3. The van der Waals surface area contributed by atoms with Gasteiger partial charge < -0.3 is 5.73 Å². The van der Waals surface area contributed by atoms with Gasteiger partial charge in [0.1, 0.15) is 0 Å². The molecule has 96 valence electrons. The first-order valence-electron chi connectivity index (χ1n) is 6.44. The molecular weight excluding hydrogens is 236 g/mol. The Morgan fingerprint density at radius 3 is 2.68 bits per heavy atom. The van der Waals surface area contributed by atoms with E-state index in [1.807, 2.05) is 16.7 Å². The molecule has 0 aliphatic heterocycles. The molecule has 19 heavy (non-hydrogen) atoms. The summed E-state index contributed by atoms with van der Waals surface area (Å²) in [5, 5.41) is 0. The summed E-state index contributed by atoms with van der Waals surface area (Å²) in [6.45, 7) is 2.59. The van der Waals surface area contributed by atoms with Crippen molar-refractivity contribution in [3.8, 4) is 11.3 Å². The van der Waals surface area contributed by atoms with Crippen LogP contribution in [-0.4, -0.2) is 14.4 Å². The lowest BCUT2D eigenvalue weighted by molar-refractivity contribution is 0.949. The molecule has 0 saturated heterocycles. The molecule has 0 spiro atoms. The molecule has 0 amide bonds. The van der Waals surface area contributed by atoms with Gasteiger partial charge in [-0.25, -0.2) is 9.97 Å². The third kappa shape index (κ3) is 2.00. The zero-order chi connectivity index (χ0) is 13.2. The van der Waals surface area contributed by atoms with E-state index in [0.29, 0.717) is 12.3 Å². The second-order valence-corrected chi connectivity index (χ2v) is 4.45. The minimum atomic E-state index is 0.442. The summed E-state index contributed by atoms with van der Waals surface area (Å²) in [5.41, 5.74) is 10.2. The predicted molar refractivity (Wildman–Crippen MR) is 75.7 cm³/mol. The standard InChI is InChI=1S/C15H16N4/c1-2-11-4-6-12(7-5-11)14-13(10-16)19-9-3-8-17-15(19)18-14/h3-9H,2,10,16H2,1H3. The molecule has 2 N–H and O–H groups in total. The molecule has 0 fully saturated rings. The van der Waals surface area contributed by atoms with E-state index in [2.05, 4.69) is 41.2 Å². The Kier molecular flexibility index (Phi) is 3.01. The second kappa shape index (κ2) is 4.82. The van der Waals surface area contributed by atoms with Gasteiger partial charge in [0, 0.05) is 24.5 Å². The smallest absolute Gasteiger partial charge is 0.234 e. The molecule has 2 heterocycles. The minimum absolute atomic E-state index is 0.442. The zero-order valence-corrected chi connectivity index (χ0v) is 10.9. The minimum Gasteiger partial charge on any atom is -0.325 e. The number of imidazole rings is 1. The van der Waals surface area contributed by atoms with Crippen molar-refractivity contribution in [3.63, 3.8) is 0 Å². The SMILES string of the molecule is CCc1ccc(-c2nc3ncccn3c2CN)cc1. The second-order valence-electron chi connectivity index (χ2n) is 4.45. The summed E-state index contributed by atoms with van der Waals surface area (Å²) in [7, 11) is 0. The van der Waals surface area contributed by atoms with E-state index in [0.717, 1.165) is 23.4 Å². The van der Waals surface area contributed by atoms with E-state index >= 15 is 0 Å². The third-order valence-electron chi connectivity index (χ3n) is 3.33. The Bertz CT molecular complexity index is 698. The van der Waals surface area contributed by atoms with Gasteiger partial charge >= 0.3 is 0 Å². The van der Waals surface area contributed by atoms with Crippen molar-refractivity contribution >= 4 is 5.78 Å². The van der Waals surface area contributed by atoms with E-state index in [4.69, 9.17) is 5.73 Å². The topological polar surface area (TPSA) is 56.2 Å². The fraction of sp³-hybridized carbons (Fsp3) is 0.200. The van der Waals surface area contributed by atoms with E-state index in [-0.39, 0.29) is 0 Å². The molecule has 0 atom stereocenters. The van der Waals surface area contributed by atoms with Crippen molar-refractivity contribution < 1.29 is 0 Å². The average Bonchev–Trinajstić information content (AvgIpc) is 2.85. The number of hydrogen-bond donors (Lipinski definition) is 1. The highest BCUT2D eigenvalue weighted by Gasteiger charge is 2.12. The maximum Gasteiger partial charge on any atom is 0.234 e. The Hall–Kier alpha value is -2.20. The lowest BCUT2D eigenvalue weighted by atomic mass is 10.1. The molecule has 1 aromatic carbocycles. The van der Waals surface area contributed by atoms with E-state index < -0.39 is 0 Å². The zero-order valence-electron chi connectivity index (χ0n) is 10.9. The van der Waals surface area contributed by atoms with Crippen LogP contribution in [0.1, 0.15) is 18.2 Å². The molecule has 4 heteroatoms. The molecule has 0 bridgehead atoms. The Balaban J connectivity index is 2.17. The van der Waals surface area contributed by atoms with Gasteiger partial charge in [0.2, 0.25) is 5.78 Å². The van der Waals surface area contributed by atoms with Gasteiger partial charge in [-0.05, 0) is 18.1 Å². The normalized spacial score (nSPS) is 11.1. The number of aryl methyl sites for hydroxylation is 1. The summed E-state index contributed by atoms with van der Waals surface area (Å²) >= 11 is 0. The fourth-order valence-corrected chi connectivity index (χ4v) is 2.26. The van der Waals surface area contributed by atoms with Gasteiger partial charge in [-0.1, -0.05) is 31.2 Å². The number of rotatable bonds is 3. The molecule has 3 aromatic rings. The third-order valence-corrected chi connectivity index (χ3v) is 3.33. The van der Waals surface area contributed by atoms with Crippen LogP contribution in [0, 0.1) is 0 Å². The monoisotopic (exact) mass is 252 g/mol. The van der Waals surface area contributed by atoms with Crippen molar-refractivity contribution in [2.45, 2.75) is 19.9 Å². The number of benzene rings is 1. The van der Waals surface area contributed by atoms with Gasteiger partial charge in [0.25, 0.3) is 0 Å². The lowest BCUT2D eigenvalue weighted by Crippen LogP contribution is -2.02. The Morgan fingerprint density at radius 1 is 1.21 bits per heavy atom. The van der Waals surface area contributed by atoms with Crippen LogP contribution in [0.4, 0.5) is 0 Å². The van der Waals surface area contributed by atoms with Crippen LogP contribution in [0.2, 0.25) is 0 Å². The number of nitrogens with two attached hydrogens (primary N) is 1. The lowest BCUT2D eigenvalue weighted by Gasteiger charge is -2.03. The first-order valence-corrected chi connectivity index (χ1v) is 6.44. The van der Waals surface area contributed by atoms with Crippen LogP contribution >= 0.6 is 0 Å². The van der Waals surface area contributed by atoms with Crippen molar-refractivity contribution in [1.29, 1.82) is 0 Å². The average molecular weight is 252 g/mol. The number of hydrogen-bond acceptors (Lipinski definition) is 3. The summed E-state index contributed by atoms with van der Waals surface area (Å²) in [4.78, 5) is 8.85. The van der Waals surface area contributed by atoms with Crippen molar-refractivity contribution in [2.75, 3.05) is 0 Å². The quantitative estimate of drug-likeness (QED) is 0.778. The summed E-state index contributed by atoms with van der Waals surface area (Å²) in [6, 6.07) is 10.3. The van der Waals surface area contributed by atoms with Crippen LogP contribution in [0.3, 0.4) is 0 Å². The molecule has 0 radical (unpaired) electrons. The highest BCUT2D eigenvalue weighted by Crippen LogP contribution is 2.23. The maximum absolute atomic E-state index is 5.87. The van der Waals surface area contributed by atoms with Crippen LogP contribution in [-0.2, 0) is 13.0 Å². The molecule has 0 unspecified atom stereocenters. The van der Waals surface area contributed by atoms with E-state index in [1.165, 1.54) is 5.56 Å². The predicted octanol–water partition coefficient (Wildman–Crippen LogP) is 2.42. The van der Waals surface area contributed by atoms with Crippen LogP contribution < -0.4 is 5.73 Å². The molecule has 2 aromatic heterocycles. The maximum atomic E-state index is 5.87. The van der Waals surface area contributed by atoms with E-state index in [9.17, 15) is 0 Å². The highest BCUT2D eigenvalue weighted by molar-refractivity contribution is 5.65. The number of fused-ring (bicyclic) bond motifs is 1. The molecule has 3 rings (SSSR count). The van der Waals surface area contributed by atoms with Gasteiger partial charge in [0.05, 0.1) is 11.4 Å². The van der Waals surface area contributed by atoms with Gasteiger partial charge in [-0.3, -0.25) is 4.40 Å². The Labute approximate surface area is 111 Å². The molecule has 0 aliphatic carbocycles. The van der Waals surface area contributed by atoms with Gasteiger partial charge in [-0.2, -0.15) is 0 Å². The first-order chi connectivity index (χ1) is 9.33. The molecule has 0 aliphatic rings. The van der Waals surface area contributed by atoms with Crippen LogP contribution in [0.25, 0.3) is 17.0 Å². The largest absolute Gasteiger partial charge is 0.325 e. The Morgan fingerprint density at radius 2 is 2.00 bits per heavy atom. The van der Waals surface area contributed by atoms with Crippen molar-refractivity contribution in [1.82, 2.24) is 14.4 Å². The summed E-state index contributed by atoms with van der Waals surface area (Å²) in [6.07, 6.45) is 4.73. The molecule has 4 nitrogen and oxygen atoms in total. The number of aromatic nitrogens is 3. The van der Waals surface area contributed by atoms with Gasteiger partial charge in [0.15, 0.2) is 0 Å². The van der Waals surface area contributed by atoms with Gasteiger partial charge in [-0.15, -0.1) is 0 Å². The molecule has 0 saturated carbocycles. The van der Waals surface area contributed by atoms with Crippen LogP contribution in [0.5, 0.6) is 0 Å². The molecular formula is C15H16N4. The van der Waals surface area contributed by atoms with Crippen molar-refractivity contribution in [3.05, 3.63) is 54.0 Å².